The van der Waals surface area contributed by atoms with Crippen molar-refractivity contribution in [1.82, 2.24) is 31.5 Å². The average Bonchev–Trinajstić information content (AvgIpc) is 3.46. The first-order valence-electron chi connectivity index (χ1n) is 14.3. The number of nitrogens with zero attached hydrogens (tertiary/aromatic N) is 1. The first kappa shape index (κ1) is 30.1. The number of likely N-dealkylation sites (tertiary alicyclic amines) is 1. The number of amides is 2. The van der Waals surface area contributed by atoms with Crippen LogP contribution in [0.5, 0.6) is 0 Å². The monoisotopic (exact) mass is 606 g/mol. The molecule has 5 saturated heterocycles. The fraction of sp³-hybridized carbons (Fsp3) is 0.923. The van der Waals surface area contributed by atoms with Gasteiger partial charge in [0, 0.05) is 57.7 Å². The van der Waals surface area contributed by atoms with E-state index < -0.39 is 5.50 Å². The minimum Gasteiger partial charge on any atom is -0.380 e. The van der Waals surface area contributed by atoms with Crippen molar-refractivity contribution in [3.05, 3.63) is 0 Å². The molecular formula is C26H44Cl2N6O4S. The Balaban J connectivity index is 1.16. The molecule has 0 aromatic rings. The summed E-state index contributed by atoms with van der Waals surface area (Å²) >= 11 is 14.8. The second kappa shape index (κ2) is 12.9. The Morgan fingerprint density at radius 3 is 2.46 bits per heavy atom. The van der Waals surface area contributed by atoms with E-state index in [1.807, 2.05) is 4.90 Å². The van der Waals surface area contributed by atoms with Crippen molar-refractivity contribution in [2.45, 2.75) is 79.3 Å². The van der Waals surface area contributed by atoms with E-state index in [4.69, 9.17) is 32.7 Å². The molecule has 13 unspecified atom stereocenters. The summed E-state index contributed by atoms with van der Waals surface area (Å²) in [6.45, 7) is 6.87. The molecule has 0 radical (unpaired) electrons. The summed E-state index contributed by atoms with van der Waals surface area (Å²) in [5.74, 6) is 0.282. The number of alkyl halides is 2. The first-order valence-corrected chi connectivity index (χ1v) is 16.1. The number of hydrogen-bond donors (Lipinski definition) is 5. The van der Waals surface area contributed by atoms with Gasteiger partial charge in [0.25, 0.3) is 0 Å². The zero-order valence-electron chi connectivity index (χ0n) is 23.2. The van der Waals surface area contributed by atoms with Gasteiger partial charge in [-0.3, -0.25) is 25.5 Å². The molecular weight excluding hydrogens is 563 g/mol. The number of rotatable bonds is 6. The highest BCUT2D eigenvalue weighted by molar-refractivity contribution is 8.00. The molecule has 0 bridgehead atoms. The lowest BCUT2D eigenvalue weighted by Gasteiger charge is -2.45. The van der Waals surface area contributed by atoms with E-state index in [0.717, 1.165) is 19.3 Å². The summed E-state index contributed by atoms with van der Waals surface area (Å²) in [4.78, 5) is 29.0. The summed E-state index contributed by atoms with van der Waals surface area (Å²) < 4.78 is 11.2. The summed E-state index contributed by atoms with van der Waals surface area (Å²) in [5.41, 5.74) is -0.726. The summed E-state index contributed by atoms with van der Waals surface area (Å²) in [7, 11) is 3.40. The molecule has 0 saturated carbocycles. The lowest BCUT2D eigenvalue weighted by atomic mass is 9.70. The third-order valence-corrected chi connectivity index (χ3v) is 11.6. The molecule has 5 heterocycles. The van der Waals surface area contributed by atoms with Crippen molar-refractivity contribution in [1.29, 1.82) is 0 Å². The van der Waals surface area contributed by atoms with E-state index in [9.17, 15) is 9.59 Å². The van der Waals surface area contributed by atoms with Crippen LogP contribution in [0.4, 0.5) is 0 Å². The predicted octanol–water partition coefficient (Wildman–Crippen LogP) is 0.889. The standard InChI is InChI=1S/C26H44Cl2N6O4S/c1-12-5-21(38-4)32-23(28)22(12)25(36)34-10-17-19(11-34)39-26(31-17)33-24(35)16-8-29-13(2)6-14(16)15-7-20(27)30-9-18(15)37-3/h12-23,26,29-32H,5-11H2,1-4H3,(H,33,35). The molecule has 0 aromatic carbocycles. The zero-order valence-corrected chi connectivity index (χ0v) is 25.5. The lowest BCUT2D eigenvalue weighted by Crippen LogP contribution is -2.57. The van der Waals surface area contributed by atoms with Crippen LogP contribution in [0.3, 0.4) is 0 Å². The van der Waals surface area contributed by atoms with E-state index in [2.05, 4.69) is 40.4 Å². The van der Waals surface area contributed by atoms with Crippen LogP contribution in [-0.4, -0.2) is 103 Å². The second-order valence-electron chi connectivity index (χ2n) is 12.0. The van der Waals surface area contributed by atoms with Gasteiger partial charge in [0.15, 0.2) is 0 Å². The molecule has 0 aromatic heterocycles. The van der Waals surface area contributed by atoms with E-state index in [1.54, 1.807) is 26.0 Å². The number of halogens is 2. The maximum atomic E-state index is 13.6. The van der Waals surface area contributed by atoms with Gasteiger partial charge in [-0.15, -0.1) is 35.0 Å². The zero-order chi connectivity index (χ0) is 27.8. The first-order chi connectivity index (χ1) is 18.7. The number of ether oxygens (including phenoxy) is 2. The van der Waals surface area contributed by atoms with E-state index >= 15 is 0 Å². The van der Waals surface area contributed by atoms with Crippen LogP contribution < -0.4 is 26.6 Å². The Labute approximate surface area is 246 Å². The van der Waals surface area contributed by atoms with Crippen molar-refractivity contribution in [3.8, 4) is 0 Å². The Bertz CT molecular complexity index is 867. The van der Waals surface area contributed by atoms with Gasteiger partial charge < -0.3 is 25.0 Å². The number of methoxy groups -OCH3 is 2. The summed E-state index contributed by atoms with van der Waals surface area (Å²) in [5, 5.41) is 17.1. The molecule has 0 aliphatic carbocycles. The second-order valence-corrected chi connectivity index (χ2v) is 14.3. The number of carbonyl (C=O) groups excluding carboxylic acids is 2. The average molecular weight is 608 g/mol. The van der Waals surface area contributed by atoms with E-state index in [-0.39, 0.29) is 76.0 Å². The molecule has 5 N–H and O–H groups in total. The predicted molar refractivity (Wildman–Crippen MR) is 153 cm³/mol. The quantitative estimate of drug-likeness (QED) is 0.222. The number of nitrogens with one attached hydrogen (secondary N) is 5. The van der Waals surface area contributed by atoms with Crippen LogP contribution in [-0.2, 0) is 19.1 Å². The number of piperidine rings is 3. The molecule has 5 rings (SSSR count). The fourth-order valence-corrected chi connectivity index (χ4v) is 9.51. The SMILES string of the molecule is COC1CC(C)C(C(=O)N2CC3NC(NC(=O)C4CNC(C)CC4C4CC(Cl)NCC4OC)SC3C2)C(Cl)N1. The van der Waals surface area contributed by atoms with Crippen LogP contribution in [0.15, 0.2) is 0 Å². The van der Waals surface area contributed by atoms with E-state index in [1.165, 1.54) is 0 Å². The van der Waals surface area contributed by atoms with Gasteiger partial charge >= 0.3 is 0 Å². The maximum Gasteiger partial charge on any atom is 0.228 e. The smallest absolute Gasteiger partial charge is 0.228 e. The van der Waals surface area contributed by atoms with Crippen molar-refractivity contribution in [2.75, 3.05) is 40.4 Å². The number of fused-ring (bicyclic) bond motifs is 1. The maximum absolute atomic E-state index is 13.6. The van der Waals surface area contributed by atoms with Gasteiger partial charge in [0.2, 0.25) is 11.8 Å². The summed E-state index contributed by atoms with van der Waals surface area (Å²) in [6, 6.07) is 0.480. The third kappa shape index (κ3) is 6.51. The highest BCUT2D eigenvalue weighted by atomic mass is 35.5. The van der Waals surface area contributed by atoms with Crippen molar-refractivity contribution < 1.29 is 19.1 Å². The number of carbonyl (C=O) groups is 2. The van der Waals surface area contributed by atoms with Crippen LogP contribution >= 0.6 is 35.0 Å². The molecule has 39 heavy (non-hydrogen) atoms. The van der Waals surface area contributed by atoms with Crippen LogP contribution in [0.1, 0.15) is 33.1 Å². The number of thioether (sulfide) groups is 1. The minimum absolute atomic E-state index is 0.0440. The minimum atomic E-state index is -0.453. The Morgan fingerprint density at radius 1 is 0.974 bits per heavy atom. The number of hydrogen-bond acceptors (Lipinski definition) is 9. The van der Waals surface area contributed by atoms with Crippen LogP contribution in [0.2, 0.25) is 0 Å². The highest BCUT2D eigenvalue weighted by Crippen LogP contribution is 2.39. The largest absolute Gasteiger partial charge is 0.380 e. The molecule has 13 atom stereocenters. The van der Waals surface area contributed by atoms with Crippen molar-refractivity contribution >= 4 is 46.8 Å². The molecule has 13 heteroatoms. The molecule has 5 aliphatic heterocycles. The van der Waals surface area contributed by atoms with Gasteiger partial charge in [-0.05, 0) is 43.9 Å². The fourth-order valence-electron chi connectivity index (χ4n) is 7.31. The molecule has 5 aliphatic rings. The Kier molecular flexibility index (Phi) is 9.93. The van der Waals surface area contributed by atoms with Gasteiger partial charge in [-0.1, -0.05) is 6.92 Å². The lowest BCUT2D eigenvalue weighted by molar-refractivity contribution is -0.139. The molecule has 0 spiro atoms. The topological polar surface area (TPSA) is 116 Å². The van der Waals surface area contributed by atoms with Crippen molar-refractivity contribution in [3.63, 3.8) is 0 Å². The van der Waals surface area contributed by atoms with Crippen LogP contribution in [0.25, 0.3) is 0 Å². The molecule has 2 amide bonds. The van der Waals surface area contributed by atoms with Gasteiger partial charge in [-0.25, -0.2) is 0 Å². The van der Waals surface area contributed by atoms with E-state index in [0.29, 0.717) is 32.2 Å². The Hall–Kier alpha value is -0.370. The van der Waals surface area contributed by atoms with Crippen molar-refractivity contribution in [2.24, 2.45) is 29.6 Å². The third-order valence-electron chi connectivity index (χ3n) is 9.47. The van der Waals surface area contributed by atoms with Crippen LogP contribution in [0, 0.1) is 29.6 Å². The molecule has 222 valence electrons. The van der Waals surface area contributed by atoms with Gasteiger partial charge in [0.05, 0.1) is 28.9 Å². The Morgan fingerprint density at radius 2 is 1.77 bits per heavy atom. The normalized spacial score (nSPS) is 46.6. The molecule has 10 nitrogen and oxygen atoms in total. The highest BCUT2D eigenvalue weighted by Gasteiger charge is 2.49. The van der Waals surface area contributed by atoms with Gasteiger partial charge in [-0.2, -0.15) is 0 Å². The van der Waals surface area contributed by atoms with Gasteiger partial charge in [0.1, 0.15) is 11.7 Å². The summed E-state index contributed by atoms with van der Waals surface area (Å²) in [6.07, 6.45) is 2.38. The molecule has 5 fully saturated rings.